The highest BCUT2D eigenvalue weighted by atomic mass is 32.2. The fourth-order valence-corrected chi connectivity index (χ4v) is 6.03. The van der Waals surface area contributed by atoms with Crippen LogP contribution in [0.4, 0.5) is 5.13 Å². The van der Waals surface area contributed by atoms with E-state index in [2.05, 4.69) is 0 Å². The van der Waals surface area contributed by atoms with Gasteiger partial charge in [-0.05, 0) is 61.4 Å². The average Bonchev–Trinajstić information content (AvgIpc) is 3.56. The van der Waals surface area contributed by atoms with Gasteiger partial charge in [0.15, 0.2) is 5.13 Å². The van der Waals surface area contributed by atoms with E-state index in [0.29, 0.717) is 34.3 Å². The van der Waals surface area contributed by atoms with Crippen LogP contribution in [0, 0.1) is 6.92 Å². The molecule has 10 heteroatoms. The number of furan rings is 1. The van der Waals surface area contributed by atoms with Gasteiger partial charge in [-0.25, -0.2) is 17.7 Å². The van der Waals surface area contributed by atoms with Gasteiger partial charge in [0.2, 0.25) is 10.0 Å². The monoisotopic (exact) mass is 527 g/mol. The largest absolute Gasteiger partial charge is 0.494 e. The van der Waals surface area contributed by atoms with Gasteiger partial charge in [-0.3, -0.25) is 9.69 Å². The minimum Gasteiger partial charge on any atom is -0.494 e. The van der Waals surface area contributed by atoms with E-state index in [1.54, 1.807) is 37.5 Å². The predicted molar refractivity (Wildman–Crippen MR) is 141 cm³/mol. The molecule has 0 bridgehead atoms. The van der Waals surface area contributed by atoms with Crippen LogP contribution in [0.5, 0.6) is 5.75 Å². The molecule has 36 heavy (non-hydrogen) atoms. The molecule has 0 aliphatic heterocycles. The van der Waals surface area contributed by atoms with Crippen molar-refractivity contribution in [2.24, 2.45) is 0 Å². The minimum atomic E-state index is -3.63. The van der Waals surface area contributed by atoms with Crippen LogP contribution in [-0.4, -0.2) is 44.3 Å². The van der Waals surface area contributed by atoms with Crippen molar-refractivity contribution < 1.29 is 22.4 Å². The Kier molecular flexibility index (Phi) is 7.77. The third kappa shape index (κ3) is 5.16. The SMILES string of the molecule is CCCCN(C)S(=O)(=O)c1ccc(C(=O)N(Cc2ccco2)c2nc3c(OC)ccc(C)c3s2)cc1. The van der Waals surface area contributed by atoms with Gasteiger partial charge in [-0.1, -0.05) is 30.7 Å². The third-order valence-corrected chi connectivity index (χ3v) is 9.00. The Morgan fingerprint density at radius 3 is 2.53 bits per heavy atom. The molecular formula is C26H29N3O5S2. The van der Waals surface area contributed by atoms with Crippen LogP contribution >= 0.6 is 11.3 Å². The van der Waals surface area contributed by atoms with Crippen LogP contribution in [0.2, 0.25) is 0 Å². The van der Waals surface area contributed by atoms with Gasteiger partial charge in [0.1, 0.15) is 17.0 Å². The lowest BCUT2D eigenvalue weighted by molar-refractivity contribution is 0.0983. The lowest BCUT2D eigenvalue weighted by atomic mass is 10.2. The molecule has 190 valence electrons. The standard InChI is InChI=1S/C26H29N3O5S2/c1-5-6-15-28(3)36(31,32)21-12-10-19(11-13-21)25(30)29(17-20-8-7-16-34-20)26-27-23-22(33-4)14-9-18(2)24(23)35-26/h7-14,16H,5-6,15,17H2,1-4H3. The number of thiazole rings is 1. The fourth-order valence-electron chi connectivity index (χ4n) is 3.77. The summed E-state index contributed by atoms with van der Waals surface area (Å²) in [4.78, 5) is 20.1. The second-order valence-electron chi connectivity index (χ2n) is 8.43. The number of aryl methyl sites for hydroxylation is 1. The molecule has 0 unspecified atom stereocenters. The number of aromatic nitrogens is 1. The zero-order valence-electron chi connectivity index (χ0n) is 20.7. The maximum Gasteiger partial charge on any atom is 0.260 e. The molecular weight excluding hydrogens is 498 g/mol. The summed E-state index contributed by atoms with van der Waals surface area (Å²) in [6, 6.07) is 13.4. The van der Waals surface area contributed by atoms with E-state index in [1.807, 2.05) is 26.0 Å². The van der Waals surface area contributed by atoms with Crippen molar-refractivity contribution in [3.63, 3.8) is 0 Å². The lowest BCUT2D eigenvalue weighted by Gasteiger charge is -2.20. The fraction of sp³-hybridized carbons (Fsp3) is 0.308. The summed E-state index contributed by atoms with van der Waals surface area (Å²) in [6.07, 6.45) is 3.23. The van der Waals surface area contributed by atoms with Crippen molar-refractivity contribution >= 4 is 42.6 Å². The number of sulfonamides is 1. The van der Waals surface area contributed by atoms with Gasteiger partial charge >= 0.3 is 0 Å². The average molecular weight is 528 g/mol. The Labute approximate surface area is 215 Å². The summed E-state index contributed by atoms with van der Waals surface area (Å²) in [5.41, 5.74) is 2.06. The molecule has 0 aliphatic rings. The van der Waals surface area contributed by atoms with Crippen molar-refractivity contribution in [1.82, 2.24) is 9.29 Å². The topological polar surface area (TPSA) is 93.0 Å². The highest BCUT2D eigenvalue weighted by Gasteiger charge is 2.26. The minimum absolute atomic E-state index is 0.149. The number of carbonyl (C=O) groups is 1. The molecule has 0 fully saturated rings. The number of unbranched alkanes of at least 4 members (excludes halogenated alkanes) is 1. The van der Waals surface area contributed by atoms with Gasteiger partial charge < -0.3 is 9.15 Å². The first-order valence-electron chi connectivity index (χ1n) is 11.6. The van der Waals surface area contributed by atoms with Crippen LogP contribution in [0.1, 0.15) is 41.4 Å². The maximum atomic E-state index is 13.7. The second kappa shape index (κ2) is 10.8. The van der Waals surface area contributed by atoms with Gasteiger partial charge in [0, 0.05) is 19.2 Å². The van der Waals surface area contributed by atoms with Crippen molar-refractivity contribution in [3.8, 4) is 5.75 Å². The summed E-state index contributed by atoms with van der Waals surface area (Å²) in [6.45, 7) is 4.61. The van der Waals surface area contributed by atoms with Gasteiger partial charge in [0.05, 0.1) is 29.5 Å². The molecule has 4 rings (SSSR count). The summed E-state index contributed by atoms with van der Waals surface area (Å²) in [5.74, 6) is 0.915. The molecule has 2 aromatic heterocycles. The van der Waals surface area contributed by atoms with Crippen molar-refractivity contribution in [2.45, 2.75) is 38.1 Å². The summed E-state index contributed by atoms with van der Waals surface area (Å²) in [5, 5.41) is 0.495. The van der Waals surface area contributed by atoms with E-state index in [9.17, 15) is 13.2 Å². The number of carbonyl (C=O) groups excluding carboxylic acids is 1. The van der Waals surface area contributed by atoms with Gasteiger partial charge in [0.25, 0.3) is 5.91 Å². The number of fused-ring (bicyclic) bond motifs is 1. The number of rotatable bonds is 10. The second-order valence-corrected chi connectivity index (χ2v) is 11.5. The van der Waals surface area contributed by atoms with E-state index in [0.717, 1.165) is 23.1 Å². The molecule has 0 spiro atoms. The van der Waals surface area contributed by atoms with Crippen LogP contribution in [0.3, 0.4) is 0 Å². The lowest BCUT2D eigenvalue weighted by Crippen LogP contribution is -2.30. The molecule has 0 N–H and O–H groups in total. The molecule has 0 atom stereocenters. The Bertz CT molecular complexity index is 1450. The number of hydrogen-bond donors (Lipinski definition) is 0. The Morgan fingerprint density at radius 2 is 1.89 bits per heavy atom. The highest BCUT2D eigenvalue weighted by molar-refractivity contribution is 7.89. The first-order valence-corrected chi connectivity index (χ1v) is 13.9. The normalized spacial score (nSPS) is 11.8. The molecule has 1 amide bonds. The smallest absolute Gasteiger partial charge is 0.260 e. The number of benzene rings is 2. The number of ether oxygens (including phenoxy) is 1. The Hall–Kier alpha value is -3.21. The molecule has 2 aromatic carbocycles. The molecule has 0 aliphatic carbocycles. The van der Waals surface area contributed by atoms with Gasteiger partial charge in [-0.15, -0.1) is 0 Å². The summed E-state index contributed by atoms with van der Waals surface area (Å²) in [7, 11) is -0.472. The molecule has 8 nitrogen and oxygen atoms in total. The maximum absolute atomic E-state index is 13.7. The zero-order valence-corrected chi connectivity index (χ0v) is 22.4. The number of methoxy groups -OCH3 is 1. The quantitative estimate of drug-likeness (QED) is 0.271. The zero-order chi connectivity index (χ0) is 25.9. The van der Waals surface area contributed by atoms with Crippen LogP contribution in [-0.2, 0) is 16.6 Å². The van der Waals surface area contributed by atoms with Crippen molar-refractivity contribution in [3.05, 3.63) is 71.7 Å². The third-order valence-electron chi connectivity index (χ3n) is 5.92. The molecule has 0 saturated heterocycles. The van der Waals surface area contributed by atoms with Crippen molar-refractivity contribution in [2.75, 3.05) is 25.6 Å². The number of hydrogen-bond acceptors (Lipinski definition) is 7. The molecule has 4 aromatic rings. The number of anilines is 1. The van der Waals surface area contributed by atoms with Crippen LogP contribution < -0.4 is 9.64 Å². The van der Waals surface area contributed by atoms with E-state index < -0.39 is 10.0 Å². The number of nitrogens with zero attached hydrogens (tertiary/aromatic N) is 3. The Morgan fingerprint density at radius 1 is 1.14 bits per heavy atom. The van der Waals surface area contributed by atoms with E-state index in [1.165, 1.54) is 39.9 Å². The summed E-state index contributed by atoms with van der Waals surface area (Å²) >= 11 is 1.40. The highest BCUT2D eigenvalue weighted by Crippen LogP contribution is 2.37. The van der Waals surface area contributed by atoms with E-state index in [-0.39, 0.29) is 17.3 Å². The molecule has 0 radical (unpaired) electrons. The number of amides is 1. The summed E-state index contributed by atoms with van der Waals surface area (Å²) < 4.78 is 39.0. The first kappa shape index (κ1) is 25.9. The molecule has 0 saturated carbocycles. The van der Waals surface area contributed by atoms with Crippen LogP contribution in [0.25, 0.3) is 10.2 Å². The molecule has 2 heterocycles. The van der Waals surface area contributed by atoms with E-state index in [4.69, 9.17) is 14.1 Å². The van der Waals surface area contributed by atoms with E-state index >= 15 is 0 Å². The Balaban J connectivity index is 1.69. The first-order chi connectivity index (χ1) is 17.3. The van der Waals surface area contributed by atoms with Gasteiger partial charge in [-0.2, -0.15) is 0 Å². The van der Waals surface area contributed by atoms with Crippen molar-refractivity contribution in [1.29, 1.82) is 0 Å². The predicted octanol–water partition coefficient (Wildman–Crippen LogP) is 5.47. The van der Waals surface area contributed by atoms with Crippen LogP contribution in [0.15, 0.2) is 64.1 Å².